The van der Waals surface area contributed by atoms with Gasteiger partial charge in [-0.1, -0.05) is 0 Å². The van der Waals surface area contributed by atoms with Crippen molar-refractivity contribution in [1.29, 1.82) is 0 Å². The number of aryl methyl sites for hydroxylation is 2. The van der Waals surface area contributed by atoms with Gasteiger partial charge in [-0.2, -0.15) is 0 Å². The number of likely N-dealkylation sites (N-methyl/N-ethyl adjacent to an activating group) is 1. The Balaban J connectivity index is 2.06. The Bertz CT molecular complexity index is 558. The lowest BCUT2D eigenvalue weighted by Gasteiger charge is -2.39. The molecular formula is C14H21N3O3S. The van der Waals surface area contributed by atoms with Crippen LogP contribution >= 0.6 is 11.3 Å². The highest BCUT2D eigenvalue weighted by Crippen LogP contribution is 2.21. The zero-order chi connectivity index (χ0) is 15.6. The van der Waals surface area contributed by atoms with Crippen molar-refractivity contribution >= 4 is 23.2 Å². The minimum absolute atomic E-state index is 0.0141. The number of rotatable bonds is 3. The second-order valence-corrected chi connectivity index (χ2v) is 6.68. The number of nitrogens with one attached hydrogen (secondary N) is 1. The predicted octanol–water partition coefficient (Wildman–Crippen LogP) is 0.666. The van der Waals surface area contributed by atoms with Crippen LogP contribution < -0.4 is 5.32 Å². The van der Waals surface area contributed by atoms with Gasteiger partial charge >= 0.3 is 0 Å². The van der Waals surface area contributed by atoms with Crippen LogP contribution in [0, 0.1) is 13.8 Å². The van der Waals surface area contributed by atoms with Crippen LogP contribution in [0.2, 0.25) is 0 Å². The van der Waals surface area contributed by atoms with Crippen molar-refractivity contribution in [1.82, 2.24) is 15.2 Å². The van der Waals surface area contributed by atoms with E-state index < -0.39 is 5.60 Å². The maximum Gasteiger partial charge on any atom is 0.253 e. The third kappa shape index (κ3) is 3.41. The Hall–Kier alpha value is -1.47. The van der Waals surface area contributed by atoms with Crippen LogP contribution in [0.15, 0.2) is 0 Å². The molecule has 116 valence electrons. The molecule has 1 atom stereocenters. The van der Waals surface area contributed by atoms with Gasteiger partial charge in [-0.15, -0.1) is 11.3 Å². The van der Waals surface area contributed by atoms with Crippen molar-refractivity contribution in [3.63, 3.8) is 0 Å². The maximum atomic E-state index is 12.4. The first kappa shape index (κ1) is 15.9. The van der Waals surface area contributed by atoms with Crippen LogP contribution in [0.3, 0.4) is 0 Å². The first-order valence-corrected chi connectivity index (χ1v) is 7.74. The molecule has 0 saturated carbocycles. The Labute approximate surface area is 128 Å². The van der Waals surface area contributed by atoms with Crippen LogP contribution in [0.4, 0.5) is 0 Å². The van der Waals surface area contributed by atoms with Crippen molar-refractivity contribution in [2.24, 2.45) is 0 Å². The molecule has 0 bridgehead atoms. The van der Waals surface area contributed by atoms with Gasteiger partial charge < -0.3 is 15.0 Å². The minimum atomic E-state index is -0.971. The fraction of sp³-hybridized carbons (Fsp3) is 0.643. The Kier molecular flexibility index (Phi) is 4.63. The smallest absolute Gasteiger partial charge is 0.253 e. The lowest BCUT2D eigenvalue weighted by molar-refractivity contribution is -0.162. The average Bonchev–Trinajstić information content (AvgIpc) is 2.75. The molecule has 2 rings (SSSR count). The zero-order valence-corrected chi connectivity index (χ0v) is 13.7. The molecule has 1 N–H and O–H groups in total. The number of aromatic nitrogens is 1. The average molecular weight is 311 g/mol. The Morgan fingerprint density at radius 3 is 2.76 bits per heavy atom. The number of ether oxygens (including phenoxy) is 1. The molecule has 21 heavy (non-hydrogen) atoms. The van der Waals surface area contributed by atoms with E-state index in [0.29, 0.717) is 19.6 Å². The number of amides is 2. The quantitative estimate of drug-likeness (QED) is 0.890. The molecule has 1 aliphatic rings. The number of hydrogen-bond acceptors (Lipinski definition) is 5. The Morgan fingerprint density at radius 1 is 1.48 bits per heavy atom. The summed E-state index contributed by atoms with van der Waals surface area (Å²) >= 11 is 1.55. The van der Waals surface area contributed by atoms with Crippen molar-refractivity contribution in [2.75, 3.05) is 26.7 Å². The summed E-state index contributed by atoms with van der Waals surface area (Å²) in [6.45, 7) is 6.73. The Morgan fingerprint density at radius 2 is 2.19 bits per heavy atom. The van der Waals surface area contributed by atoms with E-state index in [4.69, 9.17) is 4.74 Å². The summed E-state index contributed by atoms with van der Waals surface area (Å²) in [5.41, 5.74) is -0.0606. The largest absolute Gasteiger partial charge is 0.362 e. The summed E-state index contributed by atoms with van der Waals surface area (Å²) in [5.74, 6) is -0.190. The zero-order valence-electron chi connectivity index (χ0n) is 12.9. The molecule has 1 fully saturated rings. The third-order valence-electron chi connectivity index (χ3n) is 3.65. The molecule has 0 aliphatic carbocycles. The van der Waals surface area contributed by atoms with Crippen LogP contribution in [0.5, 0.6) is 0 Å². The van der Waals surface area contributed by atoms with E-state index in [1.165, 1.54) is 0 Å². The topological polar surface area (TPSA) is 71.5 Å². The van der Waals surface area contributed by atoms with Crippen molar-refractivity contribution in [3.05, 3.63) is 15.6 Å². The number of hydrogen-bond donors (Lipinski definition) is 1. The lowest BCUT2D eigenvalue weighted by Crippen LogP contribution is -2.59. The summed E-state index contributed by atoms with van der Waals surface area (Å²) < 4.78 is 5.56. The highest BCUT2D eigenvalue weighted by Gasteiger charge is 2.40. The number of carbonyl (C=O) groups excluding carboxylic acids is 2. The summed E-state index contributed by atoms with van der Waals surface area (Å²) in [7, 11) is 1.57. The molecule has 1 saturated heterocycles. The van der Waals surface area contributed by atoms with E-state index in [0.717, 1.165) is 15.6 Å². The molecule has 2 amide bonds. The number of carbonyl (C=O) groups is 2. The van der Waals surface area contributed by atoms with Crippen LogP contribution in [0.1, 0.15) is 22.5 Å². The van der Waals surface area contributed by atoms with Gasteiger partial charge in [-0.05, 0) is 20.8 Å². The molecule has 7 heteroatoms. The second-order valence-electron chi connectivity index (χ2n) is 5.39. The first-order chi connectivity index (χ1) is 9.85. The van der Waals surface area contributed by atoms with Crippen LogP contribution in [0.25, 0.3) is 0 Å². The predicted molar refractivity (Wildman–Crippen MR) is 80.3 cm³/mol. The molecule has 0 radical (unpaired) electrons. The van der Waals surface area contributed by atoms with Crippen molar-refractivity contribution < 1.29 is 14.3 Å². The second kappa shape index (κ2) is 6.11. The van der Waals surface area contributed by atoms with Gasteiger partial charge in [0, 0.05) is 18.5 Å². The van der Waals surface area contributed by atoms with Gasteiger partial charge in [0.25, 0.3) is 5.91 Å². The van der Waals surface area contributed by atoms with Gasteiger partial charge in [0.2, 0.25) is 5.91 Å². The highest BCUT2D eigenvalue weighted by molar-refractivity contribution is 7.11. The van der Waals surface area contributed by atoms with E-state index in [1.807, 2.05) is 13.8 Å². The molecule has 1 aliphatic heterocycles. The lowest BCUT2D eigenvalue weighted by atomic mass is 10.0. The van der Waals surface area contributed by atoms with Gasteiger partial charge in [0.05, 0.1) is 30.3 Å². The van der Waals surface area contributed by atoms with Gasteiger partial charge in [-0.3, -0.25) is 9.59 Å². The van der Waals surface area contributed by atoms with E-state index in [-0.39, 0.29) is 18.4 Å². The SMILES string of the molecule is CNC(=O)[C@]1(C)CN(C(=O)Cc2sc(C)nc2C)CCO1. The summed E-state index contributed by atoms with van der Waals surface area (Å²) in [6.07, 6.45) is 0.334. The maximum absolute atomic E-state index is 12.4. The standard InChI is InChI=1S/C14H21N3O3S/c1-9-11(21-10(2)16-9)7-12(18)17-5-6-20-14(3,8-17)13(19)15-4/h5-8H2,1-4H3,(H,15,19)/t14-/m0/s1. The monoisotopic (exact) mass is 311 g/mol. The van der Waals surface area contributed by atoms with Gasteiger partial charge in [0.15, 0.2) is 5.60 Å². The molecule has 0 spiro atoms. The first-order valence-electron chi connectivity index (χ1n) is 6.92. The number of nitrogens with zero attached hydrogens (tertiary/aromatic N) is 2. The molecular weight excluding hydrogens is 290 g/mol. The van der Waals surface area contributed by atoms with Crippen LogP contribution in [-0.2, 0) is 20.7 Å². The molecule has 0 aromatic carbocycles. The molecule has 1 aromatic heterocycles. The fourth-order valence-electron chi connectivity index (χ4n) is 2.47. The molecule has 6 nitrogen and oxygen atoms in total. The van der Waals surface area contributed by atoms with E-state index in [2.05, 4.69) is 10.3 Å². The van der Waals surface area contributed by atoms with E-state index in [1.54, 1.807) is 30.2 Å². The van der Waals surface area contributed by atoms with Crippen LogP contribution in [-0.4, -0.2) is 54.0 Å². The summed E-state index contributed by atoms with van der Waals surface area (Å²) in [6, 6.07) is 0. The molecule has 0 unspecified atom stereocenters. The van der Waals surface area contributed by atoms with E-state index >= 15 is 0 Å². The van der Waals surface area contributed by atoms with Gasteiger partial charge in [-0.25, -0.2) is 4.98 Å². The fourth-order valence-corrected chi connectivity index (χ4v) is 3.40. The van der Waals surface area contributed by atoms with Gasteiger partial charge in [0.1, 0.15) is 0 Å². The normalized spacial score (nSPS) is 22.2. The van der Waals surface area contributed by atoms with Crippen molar-refractivity contribution in [2.45, 2.75) is 32.8 Å². The molecule has 1 aromatic rings. The van der Waals surface area contributed by atoms with Crippen molar-refractivity contribution in [3.8, 4) is 0 Å². The third-order valence-corrected chi connectivity index (χ3v) is 4.72. The highest BCUT2D eigenvalue weighted by atomic mass is 32.1. The van der Waals surface area contributed by atoms with E-state index in [9.17, 15) is 9.59 Å². The summed E-state index contributed by atoms with van der Waals surface area (Å²) in [5, 5.41) is 3.55. The molecule has 2 heterocycles. The summed E-state index contributed by atoms with van der Waals surface area (Å²) in [4.78, 5) is 31.4. The number of morpholine rings is 1. The number of thiazole rings is 1. The minimum Gasteiger partial charge on any atom is -0.362 e.